The lowest BCUT2D eigenvalue weighted by molar-refractivity contribution is -0.132. The van der Waals surface area contributed by atoms with Crippen molar-refractivity contribution >= 4 is 34.7 Å². The van der Waals surface area contributed by atoms with Crippen LogP contribution in [0.25, 0.3) is 5.76 Å². The number of benzene rings is 3. The number of hydrogen-bond donors (Lipinski definition) is 2. The molecule has 3 aromatic carbocycles. The van der Waals surface area contributed by atoms with Crippen molar-refractivity contribution in [1.29, 1.82) is 0 Å². The maximum Gasteiger partial charge on any atom is 0.300 e. The van der Waals surface area contributed by atoms with E-state index in [1.807, 2.05) is 6.92 Å². The molecule has 2 N–H and O–H groups in total. The van der Waals surface area contributed by atoms with Gasteiger partial charge in [0.25, 0.3) is 11.7 Å². The van der Waals surface area contributed by atoms with Crippen LogP contribution < -0.4 is 24.4 Å². The third kappa shape index (κ3) is 5.43. The molecular formula is C30H30N2O7. The second-order valence-electron chi connectivity index (χ2n) is 8.67. The van der Waals surface area contributed by atoms with Crippen molar-refractivity contribution in [3.8, 4) is 17.2 Å². The summed E-state index contributed by atoms with van der Waals surface area (Å²) in [7, 11) is 1.49. The van der Waals surface area contributed by atoms with E-state index in [-0.39, 0.29) is 17.0 Å². The number of anilines is 2. The minimum absolute atomic E-state index is 0.125. The Morgan fingerprint density at radius 1 is 0.949 bits per heavy atom. The average Bonchev–Trinajstić information content (AvgIpc) is 3.18. The van der Waals surface area contributed by atoms with Gasteiger partial charge in [-0.15, -0.1) is 0 Å². The van der Waals surface area contributed by atoms with Crippen LogP contribution in [-0.4, -0.2) is 43.0 Å². The van der Waals surface area contributed by atoms with E-state index in [0.717, 1.165) is 0 Å². The fourth-order valence-electron chi connectivity index (χ4n) is 4.60. The Bertz CT molecular complexity index is 1450. The van der Waals surface area contributed by atoms with E-state index in [1.165, 1.54) is 18.9 Å². The number of ketones is 1. The number of nitrogens with one attached hydrogen (secondary N) is 1. The van der Waals surface area contributed by atoms with Crippen LogP contribution >= 0.6 is 0 Å². The average molecular weight is 531 g/mol. The molecule has 9 heteroatoms. The van der Waals surface area contributed by atoms with Crippen LogP contribution in [0, 0.1) is 0 Å². The highest BCUT2D eigenvalue weighted by atomic mass is 16.5. The zero-order chi connectivity index (χ0) is 28.1. The number of methoxy groups -OCH3 is 1. The van der Waals surface area contributed by atoms with Gasteiger partial charge in [-0.2, -0.15) is 0 Å². The van der Waals surface area contributed by atoms with Crippen molar-refractivity contribution in [2.45, 2.75) is 26.8 Å². The third-order valence-electron chi connectivity index (χ3n) is 6.14. The normalized spacial score (nSPS) is 16.2. The largest absolute Gasteiger partial charge is 0.507 e. The number of hydrogen-bond acceptors (Lipinski definition) is 7. The lowest BCUT2D eigenvalue weighted by atomic mass is 9.94. The standard InChI is InChI=1S/C30H30N2O7/c1-5-38-21-14-15-23(25(17-21)39-6-2)28(34)26-27(22-12-7-8-13-24(22)37-4)32(30(36)29(26)35)20-11-9-10-19(16-20)31-18(3)33/h7-17,27,34H,5-6H2,1-4H3,(H,31,33)/b28-26+. The Kier molecular flexibility index (Phi) is 8.19. The smallest absolute Gasteiger partial charge is 0.300 e. The molecule has 1 aliphatic rings. The highest BCUT2D eigenvalue weighted by Gasteiger charge is 2.48. The zero-order valence-corrected chi connectivity index (χ0v) is 22.2. The summed E-state index contributed by atoms with van der Waals surface area (Å²) < 4.78 is 16.9. The molecule has 1 heterocycles. The molecule has 202 valence electrons. The summed E-state index contributed by atoms with van der Waals surface area (Å²) in [5.74, 6) is -1.12. The Morgan fingerprint density at radius 3 is 2.38 bits per heavy atom. The number of para-hydroxylation sites is 1. The molecule has 1 atom stereocenters. The summed E-state index contributed by atoms with van der Waals surface area (Å²) in [5.41, 5.74) is 1.42. The van der Waals surface area contributed by atoms with Gasteiger partial charge in [-0.25, -0.2) is 0 Å². The predicted molar refractivity (Wildman–Crippen MR) is 147 cm³/mol. The van der Waals surface area contributed by atoms with Crippen LogP contribution in [0.3, 0.4) is 0 Å². The van der Waals surface area contributed by atoms with Crippen LogP contribution in [0.2, 0.25) is 0 Å². The summed E-state index contributed by atoms with van der Waals surface area (Å²) in [6.07, 6.45) is 0. The van der Waals surface area contributed by atoms with E-state index in [0.29, 0.717) is 47.4 Å². The molecule has 1 aliphatic heterocycles. The van der Waals surface area contributed by atoms with Crippen LogP contribution in [0.15, 0.2) is 72.3 Å². The second-order valence-corrected chi connectivity index (χ2v) is 8.67. The van der Waals surface area contributed by atoms with Gasteiger partial charge >= 0.3 is 0 Å². The maximum atomic E-state index is 13.6. The molecule has 2 amide bonds. The van der Waals surface area contributed by atoms with Crippen LogP contribution in [0.5, 0.6) is 17.2 Å². The number of rotatable bonds is 9. The van der Waals surface area contributed by atoms with Crippen LogP contribution in [-0.2, 0) is 14.4 Å². The summed E-state index contributed by atoms with van der Waals surface area (Å²) in [6.45, 7) is 5.76. The van der Waals surface area contributed by atoms with Gasteiger partial charge < -0.3 is 24.6 Å². The van der Waals surface area contributed by atoms with E-state index in [4.69, 9.17) is 14.2 Å². The molecular weight excluding hydrogens is 500 g/mol. The highest BCUT2D eigenvalue weighted by Crippen LogP contribution is 2.46. The molecule has 39 heavy (non-hydrogen) atoms. The summed E-state index contributed by atoms with van der Waals surface area (Å²) in [5, 5.41) is 14.3. The van der Waals surface area contributed by atoms with Gasteiger partial charge in [0.05, 0.1) is 37.5 Å². The van der Waals surface area contributed by atoms with Gasteiger partial charge in [-0.05, 0) is 50.2 Å². The lowest BCUT2D eigenvalue weighted by Gasteiger charge is -2.27. The van der Waals surface area contributed by atoms with Gasteiger partial charge in [0.2, 0.25) is 5.91 Å². The summed E-state index contributed by atoms with van der Waals surface area (Å²) >= 11 is 0. The first-order valence-electron chi connectivity index (χ1n) is 12.5. The van der Waals surface area contributed by atoms with Crippen molar-refractivity contribution in [2.24, 2.45) is 0 Å². The molecule has 0 spiro atoms. The van der Waals surface area contributed by atoms with Gasteiger partial charge in [0, 0.05) is 29.9 Å². The van der Waals surface area contributed by atoms with Gasteiger partial charge in [-0.1, -0.05) is 24.3 Å². The van der Waals surface area contributed by atoms with E-state index >= 15 is 0 Å². The number of carbonyl (C=O) groups is 3. The number of aliphatic hydroxyl groups is 1. The molecule has 1 unspecified atom stereocenters. The fraction of sp³-hybridized carbons (Fsp3) is 0.233. The number of ether oxygens (including phenoxy) is 3. The molecule has 0 aromatic heterocycles. The molecule has 1 fully saturated rings. The first kappa shape index (κ1) is 27.3. The number of nitrogens with zero attached hydrogens (tertiary/aromatic N) is 1. The van der Waals surface area contributed by atoms with E-state index < -0.39 is 23.5 Å². The first-order chi connectivity index (χ1) is 18.8. The van der Waals surface area contributed by atoms with Crippen LogP contribution in [0.4, 0.5) is 11.4 Å². The van der Waals surface area contributed by atoms with Gasteiger partial charge in [0.1, 0.15) is 23.0 Å². The minimum Gasteiger partial charge on any atom is -0.507 e. The number of carbonyl (C=O) groups excluding carboxylic acids is 3. The predicted octanol–water partition coefficient (Wildman–Crippen LogP) is 5.08. The Morgan fingerprint density at radius 2 is 1.69 bits per heavy atom. The van der Waals surface area contributed by atoms with Crippen molar-refractivity contribution in [3.63, 3.8) is 0 Å². The van der Waals surface area contributed by atoms with Crippen LogP contribution in [0.1, 0.15) is 37.9 Å². The number of Topliss-reactive ketones (excluding diaryl/α,β-unsaturated/α-hetero) is 1. The summed E-state index contributed by atoms with van der Waals surface area (Å²) in [6, 6.07) is 17.4. The Balaban J connectivity index is 1.96. The maximum absolute atomic E-state index is 13.6. The fourth-order valence-corrected chi connectivity index (χ4v) is 4.60. The molecule has 4 rings (SSSR count). The molecule has 9 nitrogen and oxygen atoms in total. The molecule has 0 aliphatic carbocycles. The van der Waals surface area contributed by atoms with E-state index in [2.05, 4.69) is 5.32 Å². The SMILES string of the molecule is CCOc1ccc(/C(O)=C2\C(=O)C(=O)N(c3cccc(NC(C)=O)c3)C2c2ccccc2OC)c(OCC)c1. The zero-order valence-electron chi connectivity index (χ0n) is 22.2. The van der Waals surface area contributed by atoms with Crippen molar-refractivity contribution in [2.75, 3.05) is 30.5 Å². The second kappa shape index (κ2) is 11.7. The Hall–Kier alpha value is -4.79. The molecule has 1 saturated heterocycles. The Labute approximate surface area is 226 Å². The number of amides is 2. The summed E-state index contributed by atoms with van der Waals surface area (Å²) in [4.78, 5) is 40.1. The quantitative estimate of drug-likeness (QED) is 0.225. The molecule has 0 radical (unpaired) electrons. The first-order valence-corrected chi connectivity index (χ1v) is 12.5. The monoisotopic (exact) mass is 530 g/mol. The van der Waals surface area contributed by atoms with E-state index in [1.54, 1.807) is 73.7 Å². The molecule has 3 aromatic rings. The molecule has 0 saturated carbocycles. The molecule has 0 bridgehead atoms. The minimum atomic E-state index is -1.03. The number of aliphatic hydroxyl groups excluding tert-OH is 1. The van der Waals surface area contributed by atoms with E-state index in [9.17, 15) is 19.5 Å². The van der Waals surface area contributed by atoms with Crippen molar-refractivity contribution in [3.05, 3.63) is 83.4 Å². The van der Waals surface area contributed by atoms with Crippen molar-refractivity contribution < 1.29 is 33.7 Å². The topological polar surface area (TPSA) is 114 Å². The lowest BCUT2D eigenvalue weighted by Crippen LogP contribution is -2.29. The van der Waals surface area contributed by atoms with Gasteiger partial charge in [-0.3, -0.25) is 19.3 Å². The van der Waals surface area contributed by atoms with Gasteiger partial charge in [0.15, 0.2) is 0 Å². The highest BCUT2D eigenvalue weighted by molar-refractivity contribution is 6.51. The van der Waals surface area contributed by atoms with Crippen molar-refractivity contribution in [1.82, 2.24) is 0 Å². The third-order valence-corrected chi connectivity index (χ3v) is 6.14.